The molecular weight excluding hydrogens is 228 g/mol. The van der Waals surface area contributed by atoms with Crippen LogP contribution in [0.4, 0.5) is 0 Å². The van der Waals surface area contributed by atoms with Gasteiger partial charge in [0.2, 0.25) is 5.75 Å². The monoisotopic (exact) mass is 244 g/mol. The molecule has 1 aromatic heterocycles. The van der Waals surface area contributed by atoms with Gasteiger partial charge in [-0.1, -0.05) is 37.8 Å². The molecule has 0 amide bonds. The summed E-state index contributed by atoms with van der Waals surface area (Å²) >= 11 is 5.84. The minimum atomic E-state index is 0.279. The van der Waals surface area contributed by atoms with Gasteiger partial charge in [-0.2, -0.15) is 4.98 Å². The van der Waals surface area contributed by atoms with E-state index in [2.05, 4.69) is 16.9 Å². The summed E-state index contributed by atoms with van der Waals surface area (Å²) in [6.07, 6.45) is 5.98. The Kier molecular flexibility index (Phi) is 5.93. The number of methoxy groups -OCH3 is 1. The van der Waals surface area contributed by atoms with Crippen molar-refractivity contribution in [3.8, 4) is 11.6 Å². The molecule has 0 fully saturated rings. The Bertz CT molecular complexity index is 321. The fourth-order valence-electron chi connectivity index (χ4n) is 1.31. The zero-order valence-corrected chi connectivity index (χ0v) is 10.5. The van der Waals surface area contributed by atoms with Gasteiger partial charge in [0.1, 0.15) is 6.33 Å². The van der Waals surface area contributed by atoms with E-state index in [9.17, 15) is 0 Å². The Hall–Kier alpha value is -1.03. The summed E-state index contributed by atoms with van der Waals surface area (Å²) in [5, 5.41) is 0.279. The highest BCUT2D eigenvalue weighted by molar-refractivity contribution is 6.31. The van der Waals surface area contributed by atoms with Crippen LogP contribution in [0.25, 0.3) is 0 Å². The number of halogens is 1. The van der Waals surface area contributed by atoms with Crippen LogP contribution in [0.2, 0.25) is 5.15 Å². The van der Waals surface area contributed by atoms with Crippen LogP contribution in [0.15, 0.2) is 6.33 Å². The molecule has 16 heavy (non-hydrogen) atoms. The molecular formula is C11H17ClN2O2. The Balaban J connectivity index is 2.44. The van der Waals surface area contributed by atoms with Crippen LogP contribution in [0.5, 0.6) is 11.6 Å². The second kappa shape index (κ2) is 7.28. The highest BCUT2D eigenvalue weighted by Gasteiger charge is 2.10. The van der Waals surface area contributed by atoms with Crippen molar-refractivity contribution < 1.29 is 9.47 Å². The standard InChI is InChI=1S/C11H17ClN2O2/c1-3-4-5-6-7-16-11-9(15-2)10(12)13-8-14-11/h8H,3-7H2,1-2H3. The highest BCUT2D eigenvalue weighted by Crippen LogP contribution is 2.30. The van der Waals surface area contributed by atoms with E-state index in [4.69, 9.17) is 21.1 Å². The third-order valence-corrected chi connectivity index (χ3v) is 2.44. The van der Waals surface area contributed by atoms with Crippen LogP contribution in [-0.4, -0.2) is 23.7 Å². The maximum absolute atomic E-state index is 5.84. The lowest BCUT2D eigenvalue weighted by Crippen LogP contribution is -2.02. The molecule has 0 unspecified atom stereocenters. The van der Waals surface area contributed by atoms with Crippen LogP contribution >= 0.6 is 11.6 Å². The molecule has 1 rings (SSSR count). The van der Waals surface area contributed by atoms with Crippen molar-refractivity contribution in [3.05, 3.63) is 11.5 Å². The van der Waals surface area contributed by atoms with E-state index >= 15 is 0 Å². The molecule has 0 aliphatic heterocycles. The molecule has 0 aliphatic rings. The number of ether oxygens (including phenoxy) is 2. The van der Waals surface area contributed by atoms with E-state index in [-0.39, 0.29) is 5.15 Å². The number of rotatable bonds is 7. The SMILES string of the molecule is CCCCCCOc1ncnc(Cl)c1OC. The third-order valence-electron chi connectivity index (χ3n) is 2.17. The second-order valence-corrected chi connectivity index (χ2v) is 3.77. The minimum Gasteiger partial charge on any atom is -0.489 e. The Morgan fingerprint density at radius 1 is 1.25 bits per heavy atom. The van der Waals surface area contributed by atoms with Crippen molar-refractivity contribution >= 4 is 11.6 Å². The summed E-state index contributed by atoms with van der Waals surface area (Å²) in [7, 11) is 1.52. The van der Waals surface area contributed by atoms with Gasteiger partial charge in [-0.05, 0) is 6.42 Å². The normalized spacial score (nSPS) is 10.2. The molecule has 0 atom stereocenters. The molecule has 5 heteroatoms. The van der Waals surface area contributed by atoms with Crippen molar-refractivity contribution in [1.82, 2.24) is 9.97 Å². The van der Waals surface area contributed by atoms with Crippen molar-refractivity contribution in [2.75, 3.05) is 13.7 Å². The molecule has 0 aliphatic carbocycles. The van der Waals surface area contributed by atoms with Crippen molar-refractivity contribution in [1.29, 1.82) is 0 Å². The first-order valence-corrected chi connectivity index (χ1v) is 5.84. The summed E-state index contributed by atoms with van der Waals surface area (Å²) < 4.78 is 10.6. The largest absolute Gasteiger partial charge is 0.489 e. The minimum absolute atomic E-state index is 0.279. The summed E-state index contributed by atoms with van der Waals surface area (Å²) in [4.78, 5) is 7.80. The topological polar surface area (TPSA) is 44.2 Å². The third kappa shape index (κ3) is 3.85. The Morgan fingerprint density at radius 3 is 2.75 bits per heavy atom. The van der Waals surface area contributed by atoms with E-state index in [0.29, 0.717) is 18.2 Å². The molecule has 0 bridgehead atoms. The van der Waals surface area contributed by atoms with E-state index in [1.165, 1.54) is 26.3 Å². The summed E-state index contributed by atoms with van der Waals surface area (Å²) in [6.45, 7) is 2.80. The van der Waals surface area contributed by atoms with Crippen LogP contribution in [0.1, 0.15) is 32.6 Å². The van der Waals surface area contributed by atoms with E-state index in [1.54, 1.807) is 0 Å². The average Bonchev–Trinajstić information content (AvgIpc) is 2.29. The Labute approximate surface area is 101 Å². The first kappa shape index (κ1) is 13.0. The van der Waals surface area contributed by atoms with Crippen molar-refractivity contribution in [3.63, 3.8) is 0 Å². The molecule has 4 nitrogen and oxygen atoms in total. The summed E-state index contributed by atoms with van der Waals surface area (Å²) in [5.41, 5.74) is 0. The summed E-state index contributed by atoms with van der Waals surface area (Å²) in [5.74, 6) is 0.818. The molecule has 1 aromatic rings. The smallest absolute Gasteiger partial charge is 0.261 e. The highest BCUT2D eigenvalue weighted by atomic mass is 35.5. The van der Waals surface area contributed by atoms with E-state index in [0.717, 1.165) is 12.8 Å². The molecule has 0 aromatic carbocycles. The number of nitrogens with zero attached hydrogens (tertiary/aromatic N) is 2. The average molecular weight is 245 g/mol. The van der Waals surface area contributed by atoms with Gasteiger partial charge in [-0.3, -0.25) is 0 Å². The number of aromatic nitrogens is 2. The van der Waals surface area contributed by atoms with E-state index < -0.39 is 0 Å². The van der Waals surface area contributed by atoms with Gasteiger partial charge in [0.05, 0.1) is 13.7 Å². The second-order valence-electron chi connectivity index (χ2n) is 3.41. The van der Waals surface area contributed by atoms with Gasteiger partial charge in [0.15, 0.2) is 5.15 Å². The number of hydrogen-bond acceptors (Lipinski definition) is 4. The van der Waals surface area contributed by atoms with Gasteiger partial charge in [0, 0.05) is 0 Å². The van der Waals surface area contributed by atoms with Gasteiger partial charge >= 0.3 is 0 Å². The fraction of sp³-hybridized carbons (Fsp3) is 0.636. The molecule has 0 N–H and O–H groups in total. The van der Waals surface area contributed by atoms with Crippen molar-refractivity contribution in [2.45, 2.75) is 32.6 Å². The van der Waals surface area contributed by atoms with Gasteiger partial charge in [-0.25, -0.2) is 4.98 Å². The van der Waals surface area contributed by atoms with Crippen LogP contribution < -0.4 is 9.47 Å². The predicted molar refractivity (Wildman–Crippen MR) is 63.2 cm³/mol. The Morgan fingerprint density at radius 2 is 2.06 bits per heavy atom. The van der Waals surface area contributed by atoms with Gasteiger partial charge in [0.25, 0.3) is 5.88 Å². The lowest BCUT2D eigenvalue weighted by molar-refractivity contribution is 0.273. The predicted octanol–water partition coefficient (Wildman–Crippen LogP) is 3.10. The van der Waals surface area contributed by atoms with Crippen LogP contribution in [0.3, 0.4) is 0 Å². The molecule has 0 spiro atoms. The van der Waals surface area contributed by atoms with Gasteiger partial charge < -0.3 is 9.47 Å². The summed E-state index contributed by atoms with van der Waals surface area (Å²) in [6, 6.07) is 0. The first-order valence-electron chi connectivity index (χ1n) is 5.46. The molecule has 0 radical (unpaired) electrons. The molecule has 0 saturated heterocycles. The van der Waals surface area contributed by atoms with Crippen molar-refractivity contribution in [2.24, 2.45) is 0 Å². The lowest BCUT2D eigenvalue weighted by Gasteiger charge is -2.09. The fourth-order valence-corrected chi connectivity index (χ4v) is 1.51. The van der Waals surface area contributed by atoms with Gasteiger partial charge in [-0.15, -0.1) is 0 Å². The molecule has 0 saturated carbocycles. The quantitative estimate of drug-likeness (QED) is 0.546. The van der Waals surface area contributed by atoms with E-state index in [1.807, 2.05) is 0 Å². The zero-order chi connectivity index (χ0) is 11.8. The lowest BCUT2D eigenvalue weighted by atomic mass is 10.2. The first-order chi connectivity index (χ1) is 7.79. The number of unbranched alkanes of at least 4 members (excludes halogenated alkanes) is 3. The van der Waals surface area contributed by atoms with Crippen LogP contribution in [-0.2, 0) is 0 Å². The maximum atomic E-state index is 5.84. The zero-order valence-electron chi connectivity index (χ0n) is 9.70. The van der Waals surface area contributed by atoms with Crippen LogP contribution in [0, 0.1) is 0 Å². The molecule has 90 valence electrons. The maximum Gasteiger partial charge on any atom is 0.261 e. The number of hydrogen-bond donors (Lipinski definition) is 0. The molecule has 1 heterocycles.